The SMILES string of the molecule is C=C(CN)c1cccc(Cl)c1OC. The molecule has 3 heteroatoms. The maximum Gasteiger partial charge on any atom is 0.144 e. The molecule has 0 fully saturated rings. The van der Waals surface area contributed by atoms with E-state index in [0.29, 0.717) is 17.3 Å². The molecule has 13 heavy (non-hydrogen) atoms. The molecule has 0 saturated heterocycles. The number of hydrogen-bond donors (Lipinski definition) is 1. The van der Waals surface area contributed by atoms with Gasteiger partial charge in [0.2, 0.25) is 0 Å². The van der Waals surface area contributed by atoms with Crippen LogP contribution in [0.4, 0.5) is 0 Å². The van der Waals surface area contributed by atoms with E-state index < -0.39 is 0 Å². The Morgan fingerprint density at radius 3 is 2.85 bits per heavy atom. The number of benzene rings is 1. The molecular weight excluding hydrogens is 186 g/mol. The molecule has 70 valence electrons. The predicted molar refractivity (Wildman–Crippen MR) is 56.1 cm³/mol. The van der Waals surface area contributed by atoms with Gasteiger partial charge < -0.3 is 10.5 Å². The van der Waals surface area contributed by atoms with Crippen molar-refractivity contribution < 1.29 is 4.74 Å². The Morgan fingerprint density at radius 1 is 1.62 bits per heavy atom. The molecule has 0 heterocycles. The van der Waals surface area contributed by atoms with Crippen molar-refractivity contribution in [1.82, 2.24) is 0 Å². The van der Waals surface area contributed by atoms with Crippen LogP contribution in [0.2, 0.25) is 5.02 Å². The maximum atomic E-state index is 5.92. The average Bonchev–Trinajstić information content (AvgIpc) is 2.16. The van der Waals surface area contributed by atoms with Gasteiger partial charge in [0.1, 0.15) is 5.75 Å². The lowest BCUT2D eigenvalue weighted by atomic mass is 10.1. The van der Waals surface area contributed by atoms with E-state index in [1.807, 2.05) is 12.1 Å². The first-order chi connectivity index (χ1) is 6.20. The number of halogens is 1. The van der Waals surface area contributed by atoms with E-state index in [0.717, 1.165) is 11.1 Å². The van der Waals surface area contributed by atoms with Crippen LogP contribution in [0.5, 0.6) is 5.75 Å². The van der Waals surface area contributed by atoms with Crippen molar-refractivity contribution in [1.29, 1.82) is 0 Å². The lowest BCUT2D eigenvalue weighted by molar-refractivity contribution is 0.413. The van der Waals surface area contributed by atoms with E-state index in [-0.39, 0.29) is 0 Å². The van der Waals surface area contributed by atoms with Gasteiger partial charge in [-0.15, -0.1) is 0 Å². The predicted octanol–water partition coefficient (Wildman–Crippen LogP) is 2.32. The van der Waals surface area contributed by atoms with E-state index in [2.05, 4.69) is 6.58 Å². The van der Waals surface area contributed by atoms with Gasteiger partial charge in [-0.2, -0.15) is 0 Å². The zero-order valence-corrected chi connectivity index (χ0v) is 8.27. The Balaban J connectivity index is 3.20. The normalized spacial score (nSPS) is 9.77. The first-order valence-corrected chi connectivity index (χ1v) is 4.29. The summed E-state index contributed by atoms with van der Waals surface area (Å²) in [6.45, 7) is 4.23. The molecule has 0 saturated carbocycles. The summed E-state index contributed by atoms with van der Waals surface area (Å²) in [7, 11) is 1.58. The minimum atomic E-state index is 0.400. The second-order valence-corrected chi connectivity index (χ2v) is 3.04. The molecule has 2 N–H and O–H groups in total. The van der Waals surface area contributed by atoms with Crippen molar-refractivity contribution in [3.63, 3.8) is 0 Å². The molecule has 0 aromatic heterocycles. The first-order valence-electron chi connectivity index (χ1n) is 3.91. The molecule has 1 rings (SSSR count). The fourth-order valence-corrected chi connectivity index (χ4v) is 1.36. The van der Waals surface area contributed by atoms with Crippen LogP contribution in [0.3, 0.4) is 0 Å². The molecule has 1 aromatic rings. The molecule has 0 amide bonds. The Labute approximate surface area is 83.0 Å². The largest absolute Gasteiger partial charge is 0.495 e. The molecule has 0 atom stereocenters. The molecule has 0 spiro atoms. The molecule has 0 bridgehead atoms. The van der Waals surface area contributed by atoms with Crippen LogP contribution < -0.4 is 10.5 Å². The summed E-state index contributed by atoms with van der Waals surface area (Å²) in [5.41, 5.74) is 7.17. The molecule has 0 unspecified atom stereocenters. The average molecular weight is 198 g/mol. The van der Waals surface area contributed by atoms with E-state index in [1.165, 1.54) is 0 Å². The van der Waals surface area contributed by atoms with Crippen molar-refractivity contribution in [2.75, 3.05) is 13.7 Å². The summed E-state index contributed by atoms with van der Waals surface area (Å²) >= 11 is 5.92. The summed E-state index contributed by atoms with van der Waals surface area (Å²) in [5.74, 6) is 0.639. The van der Waals surface area contributed by atoms with Gasteiger partial charge in [-0.1, -0.05) is 30.3 Å². The van der Waals surface area contributed by atoms with Crippen LogP contribution in [-0.2, 0) is 0 Å². The fraction of sp³-hybridized carbons (Fsp3) is 0.200. The monoisotopic (exact) mass is 197 g/mol. The third-order valence-electron chi connectivity index (χ3n) is 1.80. The van der Waals surface area contributed by atoms with Crippen molar-refractivity contribution in [2.24, 2.45) is 5.73 Å². The smallest absolute Gasteiger partial charge is 0.144 e. The van der Waals surface area contributed by atoms with Crippen LogP contribution in [0, 0.1) is 0 Å². The third kappa shape index (κ3) is 2.02. The molecule has 0 aliphatic carbocycles. The van der Waals surface area contributed by atoms with Gasteiger partial charge in [0, 0.05) is 12.1 Å². The number of methoxy groups -OCH3 is 1. The third-order valence-corrected chi connectivity index (χ3v) is 2.10. The Morgan fingerprint density at radius 2 is 2.31 bits per heavy atom. The van der Waals surface area contributed by atoms with Crippen molar-refractivity contribution >= 4 is 17.2 Å². The Bertz CT molecular complexity index is 323. The van der Waals surface area contributed by atoms with Gasteiger partial charge >= 0.3 is 0 Å². The van der Waals surface area contributed by atoms with Crippen LogP contribution in [0.25, 0.3) is 5.57 Å². The number of hydrogen-bond acceptors (Lipinski definition) is 2. The standard InChI is InChI=1S/C10H12ClNO/c1-7(6-12)8-4-3-5-9(11)10(8)13-2/h3-5H,1,6,12H2,2H3. The fourth-order valence-electron chi connectivity index (χ4n) is 1.10. The Hall–Kier alpha value is -0.990. The lowest BCUT2D eigenvalue weighted by Gasteiger charge is -2.10. The summed E-state index contributed by atoms with van der Waals surface area (Å²) in [6.07, 6.45) is 0. The highest BCUT2D eigenvalue weighted by Gasteiger charge is 2.08. The van der Waals surface area contributed by atoms with Crippen molar-refractivity contribution in [2.45, 2.75) is 0 Å². The highest BCUT2D eigenvalue weighted by Crippen LogP contribution is 2.31. The second-order valence-electron chi connectivity index (χ2n) is 2.63. The van der Waals surface area contributed by atoms with E-state index in [4.69, 9.17) is 22.1 Å². The highest BCUT2D eigenvalue weighted by atomic mass is 35.5. The summed E-state index contributed by atoms with van der Waals surface area (Å²) < 4.78 is 5.15. The quantitative estimate of drug-likeness (QED) is 0.807. The van der Waals surface area contributed by atoms with Gasteiger partial charge in [0.05, 0.1) is 12.1 Å². The summed E-state index contributed by atoms with van der Waals surface area (Å²) in [4.78, 5) is 0. The number of rotatable bonds is 3. The molecule has 0 aliphatic rings. The van der Waals surface area contributed by atoms with Gasteiger partial charge in [-0.05, 0) is 11.6 Å². The molecular formula is C10H12ClNO. The van der Waals surface area contributed by atoms with Crippen LogP contribution in [0.15, 0.2) is 24.8 Å². The Kier molecular flexibility index (Phi) is 3.34. The van der Waals surface area contributed by atoms with E-state index in [9.17, 15) is 0 Å². The van der Waals surface area contributed by atoms with E-state index >= 15 is 0 Å². The maximum absolute atomic E-state index is 5.92. The topological polar surface area (TPSA) is 35.2 Å². The first kappa shape index (κ1) is 10.1. The zero-order chi connectivity index (χ0) is 9.84. The van der Waals surface area contributed by atoms with Crippen molar-refractivity contribution in [3.05, 3.63) is 35.4 Å². The molecule has 1 aromatic carbocycles. The van der Waals surface area contributed by atoms with Gasteiger partial charge in [-0.3, -0.25) is 0 Å². The summed E-state index contributed by atoms with van der Waals surface area (Å²) in [5, 5.41) is 0.578. The number of nitrogens with two attached hydrogens (primary N) is 1. The molecule has 2 nitrogen and oxygen atoms in total. The van der Waals surface area contributed by atoms with Gasteiger partial charge in [0.15, 0.2) is 0 Å². The summed E-state index contributed by atoms with van der Waals surface area (Å²) in [6, 6.07) is 5.51. The minimum Gasteiger partial charge on any atom is -0.495 e. The zero-order valence-electron chi connectivity index (χ0n) is 7.51. The second kappa shape index (κ2) is 4.30. The number of ether oxygens (including phenoxy) is 1. The minimum absolute atomic E-state index is 0.400. The van der Waals surface area contributed by atoms with E-state index in [1.54, 1.807) is 13.2 Å². The number of para-hydroxylation sites is 1. The van der Waals surface area contributed by atoms with Crippen LogP contribution in [0.1, 0.15) is 5.56 Å². The lowest BCUT2D eigenvalue weighted by Crippen LogP contribution is -2.02. The highest BCUT2D eigenvalue weighted by molar-refractivity contribution is 6.32. The van der Waals surface area contributed by atoms with Crippen LogP contribution in [-0.4, -0.2) is 13.7 Å². The van der Waals surface area contributed by atoms with Crippen molar-refractivity contribution in [3.8, 4) is 5.75 Å². The molecule has 0 aliphatic heterocycles. The molecule has 0 radical (unpaired) electrons. The van der Waals surface area contributed by atoms with Crippen LogP contribution >= 0.6 is 11.6 Å². The van der Waals surface area contributed by atoms with Gasteiger partial charge in [0.25, 0.3) is 0 Å². The van der Waals surface area contributed by atoms with Gasteiger partial charge in [-0.25, -0.2) is 0 Å².